The zero-order valence-corrected chi connectivity index (χ0v) is 21.3. The summed E-state index contributed by atoms with van der Waals surface area (Å²) in [6.07, 6.45) is 8.76. The molecule has 3 rings (SSSR count). The smallest absolute Gasteiger partial charge is 0.243 e. The molecule has 1 saturated carbocycles. The van der Waals surface area contributed by atoms with Crippen LogP contribution in [0, 0.1) is 11.3 Å². The maximum atomic E-state index is 13.0. The molecule has 5 heteroatoms. The number of hydrogen-bond acceptors (Lipinski definition) is 3. The summed E-state index contributed by atoms with van der Waals surface area (Å²) in [4.78, 5) is 27.6. The minimum absolute atomic E-state index is 0.0593. The van der Waals surface area contributed by atoms with Gasteiger partial charge in [0.2, 0.25) is 11.8 Å². The van der Waals surface area contributed by atoms with Gasteiger partial charge in [0.25, 0.3) is 0 Å². The molecule has 0 spiro atoms. The molecule has 2 aliphatic rings. The van der Waals surface area contributed by atoms with E-state index in [1.807, 2.05) is 27.7 Å². The monoisotopic (exact) mass is 456 g/mol. The number of nitrogens with one attached hydrogen (secondary N) is 1. The number of aliphatic hydroxyl groups is 1. The van der Waals surface area contributed by atoms with Crippen LogP contribution in [0.15, 0.2) is 24.3 Å². The molecule has 1 aliphatic heterocycles. The molecule has 184 valence electrons. The first kappa shape index (κ1) is 25.7. The molecule has 2 fully saturated rings. The number of carbonyl (C=O) groups is 2. The van der Waals surface area contributed by atoms with Crippen LogP contribution in [0.2, 0.25) is 0 Å². The van der Waals surface area contributed by atoms with E-state index in [0.29, 0.717) is 13.0 Å². The molecule has 3 atom stereocenters. The van der Waals surface area contributed by atoms with Gasteiger partial charge in [-0.3, -0.25) is 9.59 Å². The first-order chi connectivity index (χ1) is 15.5. The summed E-state index contributed by atoms with van der Waals surface area (Å²) in [6, 6.07) is 8.08. The molecule has 1 aromatic rings. The lowest BCUT2D eigenvalue weighted by atomic mass is 9.73. The number of likely N-dealkylation sites (tertiary alicyclic amines) is 1. The van der Waals surface area contributed by atoms with Gasteiger partial charge in [-0.1, -0.05) is 91.0 Å². The van der Waals surface area contributed by atoms with Crippen molar-refractivity contribution < 1.29 is 14.7 Å². The lowest BCUT2D eigenvalue weighted by molar-refractivity contribution is -0.144. The summed E-state index contributed by atoms with van der Waals surface area (Å²) < 4.78 is 0. The second kappa shape index (κ2) is 10.6. The van der Waals surface area contributed by atoms with Crippen LogP contribution >= 0.6 is 0 Å². The predicted octanol–water partition coefficient (Wildman–Crippen LogP) is 4.95. The summed E-state index contributed by atoms with van der Waals surface area (Å²) >= 11 is 0. The van der Waals surface area contributed by atoms with Crippen LogP contribution in [0.4, 0.5) is 0 Å². The van der Waals surface area contributed by atoms with Gasteiger partial charge in [-0.2, -0.15) is 0 Å². The summed E-state index contributed by atoms with van der Waals surface area (Å²) in [5.74, 6) is -0.464. The Morgan fingerprint density at radius 1 is 1.09 bits per heavy atom. The third-order valence-electron chi connectivity index (χ3n) is 8.11. The van der Waals surface area contributed by atoms with Crippen molar-refractivity contribution in [1.82, 2.24) is 10.2 Å². The van der Waals surface area contributed by atoms with Crippen molar-refractivity contribution >= 4 is 11.8 Å². The number of β-amino-alcohol motifs (C(OH)–C–C–N with tert-alkyl or cyclic N) is 1. The number of rotatable bonds is 5. The number of carbonyl (C=O) groups excluding carboxylic acids is 2. The average Bonchev–Trinajstić information content (AvgIpc) is 3.15. The maximum absolute atomic E-state index is 13.0. The largest absolute Gasteiger partial charge is 0.391 e. The molecule has 1 aliphatic carbocycles. The van der Waals surface area contributed by atoms with E-state index in [9.17, 15) is 14.7 Å². The van der Waals surface area contributed by atoms with E-state index in [0.717, 1.165) is 5.56 Å². The highest BCUT2D eigenvalue weighted by atomic mass is 16.3. The van der Waals surface area contributed by atoms with E-state index in [1.165, 1.54) is 50.5 Å². The van der Waals surface area contributed by atoms with E-state index in [-0.39, 0.29) is 35.1 Å². The second-order valence-corrected chi connectivity index (χ2v) is 11.7. The van der Waals surface area contributed by atoms with Gasteiger partial charge in [0.1, 0.15) is 6.04 Å². The molecule has 2 amide bonds. The topological polar surface area (TPSA) is 69.6 Å². The van der Waals surface area contributed by atoms with Crippen molar-refractivity contribution in [2.75, 3.05) is 6.54 Å². The summed E-state index contributed by atoms with van der Waals surface area (Å²) in [7, 11) is 0. The Balaban J connectivity index is 1.61. The van der Waals surface area contributed by atoms with E-state index in [4.69, 9.17) is 0 Å². The van der Waals surface area contributed by atoms with Gasteiger partial charge in [-0.15, -0.1) is 0 Å². The highest BCUT2D eigenvalue weighted by Gasteiger charge is 2.42. The Hall–Kier alpha value is -1.88. The van der Waals surface area contributed by atoms with Crippen LogP contribution < -0.4 is 5.32 Å². The van der Waals surface area contributed by atoms with Gasteiger partial charge >= 0.3 is 0 Å². The molecule has 0 aromatic heterocycles. The SMILES string of the molecule is CC(C(=O)N1C[C@H](O)C[C@H]1C(=O)NCc1ccc(C2(C)CCCCCCC2)cc1)C(C)(C)C. The Morgan fingerprint density at radius 2 is 1.67 bits per heavy atom. The van der Waals surface area contributed by atoms with Gasteiger partial charge in [0.15, 0.2) is 0 Å². The van der Waals surface area contributed by atoms with Crippen molar-refractivity contribution in [2.24, 2.45) is 11.3 Å². The third-order valence-corrected chi connectivity index (χ3v) is 8.11. The fraction of sp³-hybridized carbons (Fsp3) is 0.714. The van der Waals surface area contributed by atoms with Crippen LogP contribution in [-0.4, -0.2) is 40.5 Å². The lowest BCUT2D eigenvalue weighted by Crippen LogP contribution is -2.49. The molecule has 2 N–H and O–H groups in total. The average molecular weight is 457 g/mol. The summed E-state index contributed by atoms with van der Waals surface area (Å²) in [6.45, 7) is 11.0. The van der Waals surface area contributed by atoms with Crippen molar-refractivity contribution in [3.8, 4) is 0 Å². The van der Waals surface area contributed by atoms with Gasteiger partial charge in [-0.25, -0.2) is 0 Å². The zero-order chi connectivity index (χ0) is 24.2. The van der Waals surface area contributed by atoms with Crippen molar-refractivity contribution in [3.05, 3.63) is 35.4 Å². The Kier molecular flexibility index (Phi) is 8.26. The fourth-order valence-electron chi connectivity index (χ4n) is 5.23. The van der Waals surface area contributed by atoms with Crippen molar-refractivity contribution in [1.29, 1.82) is 0 Å². The van der Waals surface area contributed by atoms with Crippen molar-refractivity contribution in [2.45, 2.75) is 110 Å². The lowest BCUT2D eigenvalue weighted by Gasteiger charge is -2.33. The molecule has 33 heavy (non-hydrogen) atoms. The normalized spacial score (nSPS) is 24.6. The Bertz CT molecular complexity index is 803. The van der Waals surface area contributed by atoms with E-state index >= 15 is 0 Å². The van der Waals surface area contributed by atoms with Crippen LogP contribution in [0.5, 0.6) is 0 Å². The van der Waals surface area contributed by atoms with Crippen LogP contribution in [0.25, 0.3) is 0 Å². The Morgan fingerprint density at radius 3 is 2.24 bits per heavy atom. The number of benzene rings is 1. The molecule has 1 aromatic carbocycles. The predicted molar refractivity (Wildman–Crippen MR) is 133 cm³/mol. The minimum Gasteiger partial charge on any atom is -0.391 e. The highest BCUT2D eigenvalue weighted by Crippen LogP contribution is 2.37. The molecule has 0 radical (unpaired) electrons. The third kappa shape index (κ3) is 6.38. The van der Waals surface area contributed by atoms with Gasteiger partial charge in [-0.05, 0) is 34.8 Å². The fourth-order valence-corrected chi connectivity index (χ4v) is 5.23. The molecule has 5 nitrogen and oxygen atoms in total. The standard InChI is InChI=1S/C28H44N2O3/c1-20(27(2,3)4)26(33)30-19-23(31)17-24(30)25(32)29-18-21-11-13-22(14-12-21)28(5)15-9-7-6-8-10-16-28/h11-14,20,23-24,31H,6-10,15-19H2,1-5H3,(H,29,32)/t20?,23-,24+/m1/s1. The van der Waals surface area contributed by atoms with Gasteiger partial charge in [0, 0.05) is 25.4 Å². The number of nitrogens with zero attached hydrogens (tertiary/aromatic N) is 1. The van der Waals surface area contributed by atoms with Crippen LogP contribution in [-0.2, 0) is 21.5 Å². The summed E-state index contributed by atoms with van der Waals surface area (Å²) in [5, 5.41) is 13.2. The number of aliphatic hydroxyl groups excluding tert-OH is 1. The molecular formula is C28H44N2O3. The van der Waals surface area contributed by atoms with Gasteiger partial charge in [0.05, 0.1) is 6.10 Å². The minimum atomic E-state index is -0.652. The van der Waals surface area contributed by atoms with Crippen LogP contribution in [0.1, 0.15) is 97.1 Å². The first-order valence-corrected chi connectivity index (χ1v) is 12.9. The highest BCUT2D eigenvalue weighted by molar-refractivity contribution is 5.89. The molecule has 1 heterocycles. The molecule has 1 saturated heterocycles. The maximum Gasteiger partial charge on any atom is 0.243 e. The molecule has 1 unspecified atom stereocenters. The quantitative estimate of drug-likeness (QED) is 0.659. The number of amides is 2. The van der Waals surface area contributed by atoms with E-state index in [1.54, 1.807) is 4.90 Å². The first-order valence-electron chi connectivity index (χ1n) is 12.9. The Labute approximate surface area is 200 Å². The molecular weight excluding hydrogens is 412 g/mol. The molecule has 0 bridgehead atoms. The van der Waals surface area contributed by atoms with Gasteiger partial charge < -0.3 is 15.3 Å². The summed E-state index contributed by atoms with van der Waals surface area (Å²) in [5.41, 5.74) is 2.50. The zero-order valence-electron chi connectivity index (χ0n) is 21.3. The van der Waals surface area contributed by atoms with E-state index < -0.39 is 12.1 Å². The number of hydrogen-bond donors (Lipinski definition) is 2. The van der Waals surface area contributed by atoms with E-state index in [2.05, 4.69) is 36.5 Å². The second-order valence-electron chi connectivity index (χ2n) is 11.7. The van der Waals surface area contributed by atoms with Crippen molar-refractivity contribution in [3.63, 3.8) is 0 Å². The van der Waals surface area contributed by atoms with Crippen LogP contribution in [0.3, 0.4) is 0 Å².